The van der Waals surface area contributed by atoms with Gasteiger partial charge in [0.25, 0.3) is 5.91 Å². The molecule has 0 aliphatic carbocycles. The number of morpholine rings is 1. The van der Waals surface area contributed by atoms with E-state index in [1.807, 2.05) is 24.3 Å². The summed E-state index contributed by atoms with van der Waals surface area (Å²) >= 11 is 0. The first kappa shape index (κ1) is 15.8. The Bertz CT molecular complexity index is 453. The summed E-state index contributed by atoms with van der Waals surface area (Å²) in [6.45, 7) is 6.13. The maximum absolute atomic E-state index is 12.3. The number of hydrogen-bond acceptors (Lipinski definition) is 4. The summed E-state index contributed by atoms with van der Waals surface area (Å²) in [7, 11) is 1.64. The van der Waals surface area contributed by atoms with E-state index in [1.54, 1.807) is 7.11 Å². The van der Waals surface area contributed by atoms with Crippen LogP contribution < -0.4 is 15.4 Å². The topological polar surface area (TPSA) is 59.6 Å². The number of carbonyl (C=O) groups is 1. The van der Waals surface area contributed by atoms with E-state index in [1.165, 1.54) is 0 Å². The van der Waals surface area contributed by atoms with Crippen LogP contribution in [0.25, 0.3) is 0 Å². The molecule has 1 aromatic rings. The van der Waals surface area contributed by atoms with Crippen molar-refractivity contribution in [3.8, 4) is 5.75 Å². The average molecular weight is 292 g/mol. The molecule has 1 aromatic carbocycles. The lowest BCUT2D eigenvalue weighted by Crippen LogP contribution is -2.49. The lowest BCUT2D eigenvalue weighted by molar-refractivity contribution is -0.135. The zero-order valence-electron chi connectivity index (χ0n) is 12.9. The SMILES string of the molecule is COc1ccc(C(NC(=O)C2CNCCO2)C(C)C)cc1. The zero-order valence-corrected chi connectivity index (χ0v) is 12.9. The van der Waals surface area contributed by atoms with Crippen LogP contribution in [0, 0.1) is 5.92 Å². The normalized spacial score (nSPS) is 20.1. The minimum atomic E-state index is -0.404. The Morgan fingerprint density at radius 2 is 2.10 bits per heavy atom. The van der Waals surface area contributed by atoms with Crippen molar-refractivity contribution in [2.75, 3.05) is 26.8 Å². The predicted molar refractivity (Wildman–Crippen MR) is 81.3 cm³/mol. The Hall–Kier alpha value is -1.59. The summed E-state index contributed by atoms with van der Waals surface area (Å²) in [5.74, 6) is 1.04. The first-order chi connectivity index (χ1) is 10.1. The van der Waals surface area contributed by atoms with E-state index < -0.39 is 6.10 Å². The minimum absolute atomic E-state index is 0.0334. The van der Waals surface area contributed by atoms with Crippen LogP contribution in [0.15, 0.2) is 24.3 Å². The van der Waals surface area contributed by atoms with E-state index in [2.05, 4.69) is 24.5 Å². The number of nitrogens with one attached hydrogen (secondary N) is 2. The molecule has 1 aliphatic rings. The Morgan fingerprint density at radius 1 is 1.38 bits per heavy atom. The van der Waals surface area contributed by atoms with Crippen molar-refractivity contribution < 1.29 is 14.3 Å². The molecule has 2 atom stereocenters. The van der Waals surface area contributed by atoms with Crippen LogP contribution in [0.4, 0.5) is 0 Å². The van der Waals surface area contributed by atoms with Gasteiger partial charge in [0.1, 0.15) is 11.9 Å². The van der Waals surface area contributed by atoms with Crippen molar-refractivity contribution in [2.24, 2.45) is 5.92 Å². The lowest BCUT2D eigenvalue weighted by atomic mass is 9.95. The summed E-state index contributed by atoms with van der Waals surface area (Å²) in [6, 6.07) is 7.77. The van der Waals surface area contributed by atoms with Crippen LogP contribution in [0.1, 0.15) is 25.5 Å². The molecule has 1 amide bonds. The summed E-state index contributed by atoms with van der Waals surface area (Å²) in [4.78, 5) is 12.3. The van der Waals surface area contributed by atoms with Gasteiger partial charge in [-0.15, -0.1) is 0 Å². The standard InChI is InChI=1S/C16H24N2O3/c1-11(2)15(12-4-6-13(20-3)7-5-12)18-16(19)14-10-17-8-9-21-14/h4-7,11,14-15,17H,8-10H2,1-3H3,(H,18,19). The minimum Gasteiger partial charge on any atom is -0.497 e. The van der Waals surface area contributed by atoms with Crippen molar-refractivity contribution in [1.82, 2.24) is 10.6 Å². The second kappa shape index (κ2) is 7.43. The third kappa shape index (κ3) is 4.19. The molecule has 1 saturated heterocycles. The molecule has 1 aliphatic heterocycles. The maximum Gasteiger partial charge on any atom is 0.250 e. The van der Waals surface area contributed by atoms with Gasteiger partial charge in [-0.25, -0.2) is 0 Å². The molecule has 0 bridgehead atoms. The molecule has 1 heterocycles. The molecule has 2 rings (SSSR count). The quantitative estimate of drug-likeness (QED) is 0.863. The van der Waals surface area contributed by atoms with Crippen LogP contribution in [-0.2, 0) is 9.53 Å². The van der Waals surface area contributed by atoms with E-state index in [0.717, 1.165) is 17.9 Å². The molecule has 0 spiro atoms. The second-order valence-electron chi connectivity index (χ2n) is 5.57. The van der Waals surface area contributed by atoms with E-state index in [0.29, 0.717) is 19.1 Å². The van der Waals surface area contributed by atoms with Gasteiger partial charge in [-0.05, 0) is 23.6 Å². The Kier molecular flexibility index (Phi) is 5.59. The van der Waals surface area contributed by atoms with E-state index in [-0.39, 0.29) is 11.9 Å². The number of benzene rings is 1. The van der Waals surface area contributed by atoms with Crippen molar-refractivity contribution in [2.45, 2.75) is 26.0 Å². The number of hydrogen-bond donors (Lipinski definition) is 2. The summed E-state index contributed by atoms with van der Waals surface area (Å²) in [6.07, 6.45) is -0.404. The molecular weight excluding hydrogens is 268 g/mol. The average Bonchev–Trinajstić information content (AvgIpc) is 2.53. The van der Waals surface area contributed by atoms with Crippen LogP contribution in [0.2, 0.25) is 0 Å². The molecular formula is C16H24N2O3. The van der Waals surface area contributed by atoms with E-state index in [9.17, 15) is 4.79 Å². The number of ether oxygens (including phenoxy) is 2. The Morgan fingerprint density at radius 3 is 2.62 bits per heavy atom. The zero-order chi connectivity index (χ0) is 15.2. The van der Waals surface area contributed by atoms with Crippen molar-refractivity contribution in [3.05, 3.63) is 29.8 Å². The van der Waals surface area contributed by atoms with Gasteiger partial charge in [-0.1, -0.05) is 26.0 Å². The van der Waals surface area contributed by atoms with Crippen LogP contribution >= 0.6 is 0 Å². The summed E-state index contributed by atoms with van der Waals surface area (Å²) in [5.41, 5.74) is 1.07. The van der Waals surface area contributed by atoms with Gasteiger partial charge in [0, 0.05) is 13.1 Å². The van der Waals surface area contributed by atoms with Crippen molar-refractivity contribution >= 4 is 5.91 Å². The fraction of sp³-hybridized carbons (Fsp3) is 0.562. The highest BCUT2D eigenvalue weighted by molar-refractivity contribution is 5.81. The Balaban J connectivity index is 2.05. The monoisotopic (exact) mass is 292 g/mol. The second-order valence-corrected chi connectivity index (χ2v) is 5.57. The molecule has 116 valence electrons. The van der Waals surface area contributed by atoms with Gasteiger partial charge < -0.3 is 20.1 Å². The molecule has 5 nitrogen and oxygen atoms in total. The summed E-state index contributed by atoms with van der Waals surface area (Å²) in [5, 5.41) is 6.27. The first-order valence-corrected chi connectivity index (χ1v) is 7.38. The van der Waals surface area contributed by atoms with Gasteiger partial charge in [0.2, 0.25) is 0 Å². The number of carbonyl (C=O) groups excluding carboxylic acids is 1. The van der Waals surface area contributed by atoms with Crippen LogP contribution in [0.5, 0.6) is 5.75 Å². The van der Waals surface area contributed by atoms with E-state index >= 15 is 0 Å². The van der Waals surface area contributed by atoms with Crippen LogP contribution in [0.3, 0.4) is 0 Å². The molecule has 2 N–H and O–H groups in total. The molecule has 2 unspecified atom stereocenters. The molecule has 1 fully saturated rings. The molecule has 21 heavy (non-hydrogen) atoms. The predicted octanol–water partition coefficient (Wildman–Crippen LogP) is 1.50. The molecule has 0 radical (unpaired) electrons. The molecule has 0 saturated carbocycles. The first-order valence-electron chi connectivity index (χ1n) is 7.38. The van der Waals surface area contributed by atoms with Crippen molar-refractivity contribution in [3.63, 3.8) is 0 Å². The largest absolute Gasteiger partial charge is 0.497 e. The van der Waals surface area contributed by atoms with Gasteiger partial charge in [-0.2, -0.15) is 0 Å². The maximum atomic E-state index is 12.3. The van der Waals surface area contributed by atoms with Gasteiger partial charge in [0.15, 0.2) is 0 Å². The number of methoxy groups -OCH3 is 1. The highest BCUT2D eigenvalue weighted by Gasteiger charge is 2.26. The van der Waals surface area contributed by atoms with Gasteiger partial charge in [-0.3, -0.25) is 4.79 Å². The highest BCUT2D eigenvalue weighted by Crippen LogP contribution is 2.24. The van der Waals surface area contributed by atoms with Gasteiger partial charge >= 0.3 is 0 Å². The molecule has 5 heteroatoms. The lowest BCUT2D eigenvalue weighted by Gasteiger charge is -2.28. The fourth-order valence-corrected chi connectivity index (χ4v) is 2.43. The third-order valence-corrected chi connectivity index (χ3v) is 3.66. The smallest absolute Gasteiger partial charge is 0.250 e. The van der Waals surface area contributed by atoms with Crippen LogP contribution in [-0.4, -0.2) is 38.8 Å². The van der Waals surface area contributed by atoms with Gasteiger partial charge in [0.05, 0.1) is 19.8 Å². The third-order valence-electron chi connectivity index (χ3n) is 3.66. The molecule has 0 aromatic heterocycles. The van der Waals surface area contributed by atoms with Crippen molar-refractivity contribution in [1.29, 1.82) is 0 Å². The fourth-order valence-electron chi connectivity index (χ4n) is 2.43. The number of amides is 1. The summed E-state index contributed by atoms with van der Waals surface area (Å²) < 4.78 is 10.7. The van der Waals surface area contributed by atoms with E-state index in [4.69, 9.17) is 9.47 Å². The highest BCUT2D eigenvalue weighted by atomic mass is 16.5. The number of rotatable bonds is 5. The Labute approximate surface area is 126 Å².